The molecule has 2 aromatic heterocycles. The highest BCUT2D eigenvalue weighted by Gasteiger charge is 2.26. The van der Waals surface area contributed by atoms with E-state index >= 15 is 0 Å². The largest absolute Gasteiger partial charge is 0.480 e. The van der Waals surface area contributed by atoms with E-state index in [1.165, 1.54) is 11.8 Å². The molecule has 2 N–H and O–H groups in total. The minimum absolute atomic E-state index is 0.168. The average Bonchev–Trinajstić information content (AvgIpc) is 3.49. The summed E-state index contributed by atoms with van der Waals surface area (Å²) in [6.07, 6.45) is 1.91. The summed E-state index contributed by atoms with van der Waals surface area (Å²) in [6, 6.07) is 12.3. The lowest BCUT2D eigenvalue weighted by atomic mass is 10.0. The van der Waals surface area contributed by atoms with Gasteiger partial charge in [-0.1, -0.05) is 43.7 Å². The van der Waals surface area contributed by atoms with Gasteiger partial charge in [-0.25, -0.2) is 9.89 Å². The van der Waals surface area contributed by atoms with Crippen LogP contribution in [-0.2, 0) is 16.1 Å². The highest BCUT2D eigenvalue weighted by Crippen LogP contribution is 2.41. The number of tetrazole rings is 1. The van der Waals surface area contributed by atoms with Gasteiger partial charge in [0.1, 0.15) is 17.4 Å². The number of furan rings is 1. The molecule has 10 heteroatoms. The number of carboxylic acids is 1. The average molecular weight is 526 g/mol. The molecule has 4 aromatic rings. The van der Waals surface area contributed by atoms with E-state index < -0.39 is 12.0 Å². The second-order valence-electron chi connectivity index (χ2n) is 8.01. The van der Waals surface area contributed by atoms with Crippen molar-refractivity contribution in [3.63, 3.8) is 0 Å². The maximum atomic E-state index is 12.7. The van der Waals surface area contributed by atoms with E-state index in [0.29, 0.717) is 23.6 Å². The minimum atomic E-state index is -1.03. The number of unbranched alkanes of at least 4 members (excludes halogenated alkanes) is 1. The fourth-order valence-electron chi connectivity index (χ4n) is 3.79. The quantitative estimate of drug-likeness (QED) is 0.313. The van der Waals surface area contributed by atoms with Crippen molar-refractivity contribution in [3.8, 4) is 22.7 Å². The van der Waals surface area contributed by atoms with Crippen molar-refractivity contribution in [2.45, 2.75) is 45.7 Å². The van der Waals surface area contributed by atoms with Gasteiger partial charge >= 0.3 is 5.97 Å². The van der Waals surface area contributed by atoms with E-state index in [1.54, 1.807) is 0 Å². The Morgan fingerprint density at radius 1 is 1.21 bits per heavy atom. The van der Waals surface area contributed by atoms with Crippen molar-refractivity contribution in [2.24, 2.45) is 0 Å². The maximum Gasteiger partial charge on any atom is 0.326 e. The second kappa shape index (κ2) is 10.2. The zero-order valence-corrected chi connectivity index (χ0v) is 20.4. The van der Waals surface area contributed by atoms with Gasteiger partial charge in [0.15, 0.2) is 5.82 Å². The Morgan fingerprint density at radius 3 is 2.65 bits per heavy atom. The second-order valence-corrected chi connectivity index (χ2v) is 8.80. The van der Waals surface area contributed by atoms with Crippen LogP contribution in [0.25, 0.3) is 33.7 Å². The van der Waals surface area contributed by atoms with Crippen LogP contribution in [0.2, 0.25) is 0 Å². The summed E-state index contributed by atoms with van der Waals surface area (Å²) in [5.41, 5.74) is 3.06. The number of carboxylic acid groups (broad SMARTS) is 1. The number of halogens is 1. The first-order valence-corrected chi connectivity index (χ1v) is 11.8. The number of fused-ring (bicyclic) bond motifs is 1. The summed E-state index contributed by atoms with van der Waals surface area (Å²) >= 11 is 3.67. The van der Waals surface area contributed by atoms with Crippen LogP contribution in [0.1, 0.15) is 38.7 Å². The van der Waals surface area contributed by atoms with Gasteiger partial charge in [0, 0.05) is 29.5 Å². The molecule has 34 heavy (non-hydrogen) atoms. The zero-order valence-electron chi connectivity index (χ0n) is 18.8. The molecule has 0 saturated carbocycles. The maximum absolute atomic E-state index is 12.7. The number of benzene rings is 2. The van der Waals surface area contributed by atoms with Crippen molar-refractivity contribution < 1.29 is 19.1 Å². The van der Waals surface area contributed by atoms with E-state index in [1.807, 2.05) is 49.4 Å². The van der Waals surface area contributed by atoms with Crippen LogP contribution in [-0.4, -0.2) is 48.5 Å². The molecule has 176 valence electrons. The summed E-state index contributed by atoms with van der Waals surface area (Å²) in [7, 11) is 0. The molecule has 0 saturated heterocycles. The van der Waals surface area contributed by atoms with Crippen LogP contribution in [0, 0.1) is 0 Å². The molecule has 2 heterocycles. The van der Waals surface area contributed by atoms with Crippen molar-refractivity contribution in [1.29, 1.82) is 0 Å². The van der Waals surface area contributed by atoms with E-state index in [2.05, 4.69) is 36.6 Å². The molecular weight excluding hydrogens is 502 g/mol. The van der Waals surface area contributed by atoms with Crippen LogP contribution >= 0.6 is 15.9 Å². The Balaban J connectivity index is 1.70. The highest BCUT2D eigenvalue weighted by atomic mass is 79.9. The van der Waals surface area contributed by atoms with E-state index in [9.17, 15) is 14.7 Å². The summed E-state index contributed by atoms with van der Waals surface area (Å²) in [6.45, 7) is 3.72. The number of nitrogens with zero attached hydrogens (tertiary/aromatic N) is 4. The third-order valence-corrected chi connectivity index (χ3v) is 6.49. The van der Waals surface area contributed by atoms with Gasteiger partial charge in [-0.05, 0) is 57.4 Å². The number of aromatic amines is 1. The first kappa shape index (κ1) is 23.6. The molecule has 4 rings (SSSR count). The fraction of sp³-hybridized carbons (Fsp3) is 0.292. The molecule has 0 aliphatic carbocycles. The Morgan fingerprint density at radius 2 is 1.97 bits per heavy atom. The standard InChI is InChI=1S/C24H24BrN5O4/c1-3-4-9-20(31)30(14(2)24(32)33)13-15-10-11-19-18(12-15)21(25)22(34-19)16-7-5-6-8-17(16)23-26-28-29-27-23/h5-8,10-12,14H,3-4,9,13H2,1-2H3,(H,32,33)(H,26,27,28,29)/t14-/m0/s1. The van der Waals surface area contributed by atoms with Crippen molar-refractivity contribution >= 4 is 38.8 Å². The molecule has 0 radical (unpaired) electrons. The third-order valence-electron chi connectivity index (χ3n) is 5.71. The Bertz CT molecular complexity index is 1320. The van der Waals surface area contributed by atoms with Crippen LogP contribution < -0.4 is 0 Å². The molecule has 0 aliphatic rings. The molecule has 0 aliphatic heterocycles. The molecule has 0 unspecified atom stereocenters. The number of carbonyl (C=O) groups excluding carboxylic acids is 1. The van der Waals surface area contributed by atoms with Gasteiger partial charge in [-0.3, -0.25) is 4.79 Å². The molecule has 0 bridgehead atoms. The Labute approximate surface area is 204 Å². The number of aromatic nitrogens is 4. The van der Waals surface area contributed by atoms with Gasteiger partial charge in [0.05, 0.1) is 4.47 Å². The lowest BCUT2D eigenvalue weighted by Gasteiger charge is -2.26. The Kier molecular flexibility index (Phi) is 7.06. The van der Waals surface area contributed by atoms with Gasteiger partial charge in [-0.2, -0.15) is 0 Å². The number of aliphatic carboxylic acids is 1. The van der Waals surface area contributed by atoms with E-state index in [-0.39, 0.29) is 12.5 Å². The minimum Gasteiger partial charge on any atom is -0.480 e. The SMILES string of the molecule is CCCCC(=O)N(Cc1ccc2oc(-c3ccccc3-c3nnn[nH]3)c(Br)c2c1)[C@@H](C)C(=O)O. The summed E-state index contributed by atoms with van der Waals surface area (Å²) in [5.74, 6) is -0.0592. The third kappa shape index (κ3) is 4.72. The number of amides is 1. The molecule has 0 fully saturated rings. The van der Waals surface area contributed by atoms with Gasteiger partial charge in [0.25, 0.3) is 0 Å². The number of rotatable bonds is 9. The smallest absolute Gasteiger partial charge is 0.326 e. The van der Waals surface area contributed by atoms with Crippen LogP contribution in [0.3, 0.4) is 0 Å². The number of nitrogens with one attached hydrogen (secondary N) is 1. The van der Waals surface area contributed by atoms with Crippen molar-refractivity contribution in [1.82, 2.24) is 25.5 Å². The molecule has 1 amide bonds. The number of H-pyrrole nitrogens is 1. The molecule has 2 aromatic carbocycles. The van der Waals surface area contributed by atoms with Crippen molar-refractivity contribution in [2.75, 3.05) is 0 Å². The normalized spacial score (nSPS) is 12.1. The summed E-state index contributed by atoms with van der Waals surface area (Å²) < 4.78 is 6.92. The van der Waals surface area contributed by atoms with Crippen LogP contribution in [0.4, 0.5) is 0 Å². The molecule has 0 spiro atoms. The van der Waals surface area contributed by atoms with Crippen molar-refractivity contribution in [3.05, 3.63) is 52.5 Å². The molecular formula is C24H24BrN5O4. The first-order chi connectivity index (χ1) is 16.4. The lowest BCUT2D eigenvalue weighted by molar-refractivity contribution is -0.150. The lowest BCUT2D eigenvalue weighted by Crippen LogP contribution is -2.42. The van der Waals surface area contributed by atoms with Gasteiger partial charge in [0.2, 0.25) is 5.91 Å². The van der Waals surface area contributed by atoms with Crippen LogP contribution in [0.5, 0.6) is 0 Å². The van der Waals surface area contributed by atoms with Crippen LogP contribution in [0.15, 0.2) is 51.4 Å². The molecule has 9 nitrogen and oxygen atoms in total. The van der Waals surface area contributed by atoms with E-state index in [0.717, 1.165) is 39.4 Å². The van der Waals surface area contributed by atoms with Gasteiger partial charge in [-0.15, -0.1) is 5.10 Å². The van der Waals surface area contributed by atoms with E-state index in [4.69, 9.17) is 4.42 Å². The monoisotopic (exact) mass is 525 g/mol. The predicted octanol–water partition coefficient (Wildman–Crippen LogP) is 5.03. The summed E-state index contributed by atoms with van der Waals surface area (Å²) in [5, 5.41) is 24.5. The first-order valence-electron chi connectivity index (χ1n) is 11.0. The predicted molar refractivity (Wildman–Crippen MR) is 130 cm³/mol. The number of hydrogen-bond donors (Lipinski definition) is 2. The summed E-state index contributed by atoms with van der Waals surface area (Å²) in [4.78, 5) is 25.8. The number of hydrogen-bond acceptors (Lipinski definition) is 6. The highest BCUT2D eigenvalue weighted by molar-refractivity contribution is 9.10. The Hall–Kier alpha value is -3.53. The topological polar surface area (TPSA) is 125 Å². The van der Waals surface area contributed by atoms with Gasteiger partial charge < -0.3 is 14.4 Å². The fourth-order valence-corrected chi connectivity index (χ4v) is 4.39. The number of carbonyl (C=O) groups is 2. The zero-order chi connectivity index (χ0) is 24.2. The molecule has 1 atom stereocenters.